The van der Waals surface area contributed by atoms with Gasteiger partial charge in [-0.05, 0) is 24.6 Å². The minimum atomic E-state index is 0.882. The van der Waals surface area contributed by atoms with Crippen molar-refractivity contribution in [2.24, 2.45) is 0 Å². The Hall–Kier alpha value is -2.39. The van der Waals surface area contributed by atoms with Crippen molar-refractivity contribution < 1.29 is 0 Å². The van der Waals surface area contributed by atoms with E-state index in [0.29, 0.717) is 0 Å². The molecular weight excluding hydrogens is 300 g/mol. The highest BCUT2D eigenvalue weighted by atomic mass is 32.2. The number of aromatic nitrogens is 2. The molecule has 1 aromatic heterocycles. The predicted molar refractivity (Wildman–Crippen MR) is 98.4 cm³/mol. The molecule has 114 valence electrons. The third kappa shape index (κ3) is 4.54. The average Bonchev–Trinajstić information content (AvgIpc) is 2.61. The summed E-state index contributed by atoms with van der Waals surface area (Å²) < 4.78 is 0. The summed E-state index contributed by atoms with van der Waals surface area (Å²) >= 11 is 1.69. The second-order valence-corrected chi connectivity index (χ2v) is 6.29. The molecule has 0 aliphatic heterocycles. The molecule has 0 bridgehead atoms. The SMILES string of the molecule is Cc1ccc(-c2ccc(SC/C=C/c3ccccc3)nn2)cc1. The second kappa shape index (κ2) is 7.75. The molecule has 0 atom stereocenters. The van der Waals surface area contributed by atoms with Gasteiger partial charge >= 0.3 is 0 Å². The number of hydrogen-bond donors (Lipinski definition) is 0. The van der Waals surface area contributed by atoms with Crippen LogP contribution in [0.5, 0.6) is 0 Å². The fourth-order valence-electron chi connectivity index (χ4n) is 2.16. The van der Waals surface area contributed by atoms with Gasteiger partial charge < -0.3 is 0 Å². The van der Waals surface area contributed by atoms with Crippen molar-refractivity contribution in [3.63, 3.8) is 0 Å². The number of benzene rings is 2. The minimum Gasteiger partial charge on any atom is -0.149 e. The van der Waals surface area contributed by atoms with Gasteiger partial charge in [-0.2, -0.15) is 0 Å². The van der Waals surface area contributed by atoms with Gasteiger partial charge in [-0.15, -0.1) is 22.0 Å². The summed E-state index contributed by atoms with van der Waals surface area (Å²) in [5.41, 5.74) is 4.48. The Kier molecular flexibility index (Phi) is 5.22. The van der Waals surface area contributed by atoms with Gasteiger partial charge in [0.25, 0.3) is 0 Å². The van der Waals surface area contributed by atoms with Crippen molar-refractivity contribution >= 4 is 17.8 Å². The van der Waals surface area contributed by atoms with Crippen LogP contribution in [0.25, 0.3) is 17.3 Å². The fraction of sp³-hybridized carbons (Fsp3) is 0.100. The van der Waals surface area contributed by atoms with Crippen LogP contribution < -0.4 is 0 Å². The molecule has 0 aliphatic rings. The zero-order chi connectivity index (χ0) is 15.9. The van der Waals surface area contributed by atoms with E-state index in [1.165, 1.54) is 11.1 Å². The molecule has 3 aromatic rings. The van der Waals surface area contributed by atoms with Gasteiger partial charge in [-0.1, -0.05) is 72.3 Å². The van der Waals surface area contributed by atoms with E-state index >= 15 is 0 Å². The van der Waals surface area contributed by atoms with Crippen LogP contribution in [0.4, 0.5) is 0 Å². The van der Waals surface area contributed by atoms with Crippen LogP contribution in [0.2, 0.25) is 0 Å². The first-order valence-electron chi connectivity index (χ1n) is 7.56. The molecule has 23 heavy (non-hydrogen) atoms. The molecule has 2 nitrogen and oxygen atoms in total. The van der Waals surface area contributed by atoms with Gasteiger partial charge in [0.1, 0.15) is 5.03 Å². The highest BCUT2D eigenvalue weighted by molar-refractivity contribution is 7.99. The Balaban J connectivity index is 1.57. The summed E-state index contributed by atoms with van der Waals surface area (Å²) in [4.78, 5) is 0. The molecule has 0 unspecified atom stereocenters. The molecule has 0 fully saturated rings. The van der Waals surface area contributed by atoms with Crippen LogP contribution in [-0.4, -0.2) is 16.0 Å². The maximum atomic E-state index is 4.32. The number of rotatable bonds is 5. The lowest BCUT2D eigenvalue weighted by atomic mass is 10.1. The molecule has 0 amide bonds. The lowest BCUT2D eigenvalue weighted by Crippen LogP contribution is -1.89. The Morgan fingerprint density at radius 1 is 0.870 bits per heavy atom. The van der Waals surface area contributed by atoms with Crippen LogP contribution >= 0.6 is 11.8 Å². The first-order chi connectivity index (χ1) is 11.3. The third-order valence-corrected chi connectivity index (χ3v) is 4.30. The highest BCUT2D eigenvalue weighted by Crippen LogP contribution is 2.20. The lowest BCUT2D eigenvalue weighted by molar-refractivity contribution is 0.937. The molecule has 3 heteroatoms. The zero-order valence-electron chi connectivity index (χ0n) is 13.0. The standard InChI is InChI=1S/C20H18N2S/c1-16-9-11-18(12-10-16)19-13-14-20(22-21-19)23-15-5-8-17-6-3-2-4-7-17/h2-14H,15H2,1H3/b8-5+. The van der Waals surface area contributed by atoms with Crippen LogP contribution in [0.15, 0.2) is 77.8 Å². The molecule has 0 spiro atoms. The summed E-state index contributed by atoms with van der Waals surface area (Å²) in [7, 11) is 0. The zero-order valence-corrected chi connectivity index (χ0v) is 13.8. The van der Waals surface area contributed by atoms with Gasteiger partial charge in [0.15, 0.2) is 0 Å². The molecule has 1 heterocycles. The van der Waals surface area contributed by atoms with Gasteiger partial charge in [-0.3, -0.25) is 0 Å². The summed E-state index contributed by atoms with van der Waals surface area (Å²) in [6, 6.07) is 22.7. The van der Waals surface area contributed by atoms with Gasteiger partial charge in [0.2, 0.25) is 0 Å². The first-order valence-corrected chi connectivity index (χ1v) is 8.55. The smallest absolute Gasteiger partial charge is 0.119 e. The molecule has 0 saturated heterocycles. The van der Waals surface area contributed by atoms with Crippen LogP contribution in [-0.2, 0) is 0 Å². The molecular formula is C20H18N2S. The topological polar surface area (TPSA) is 25.8 Å². The van der Waals surface area contributed by atoms with E-state index in [1.54, 1.807) is 11.8 Å². The normalized spacial score (nSPS) is 11.0. The quantitative estimate of drug-likeness (QED) is 0.600. The number of nitrogens with zero attached hydrogens (tertiary/aromatic N) is 2. The lowest BCUT2D eigenvalue weighted by Gasteiger charge is -2.02. The van der Waals surface area contributed by atoms with E-state index in [1.807, 2.05) is 30.3 Å². The Morgan fingerprint density at radius 3 is 2.35 bits per heavy atom. The van der Waals surface area contributed by atoms with E-state index < -0.39 is 0 Å². The Bertz CT molecular complexity index is 763. The number of aryl methyl sites for hydroxylation is 1. The Morgan fingerprint density at radius 2 is 1.65 bits per heavy atom. The fourth-order valence-corrected chi connectivity index (χ4v) is 2.78. The van der Waals surface area contributed by atoms with Crippen molar-refractivity contribution in [1.29, 1.82) is 0 Å². The monoisotopic (exact) mass is 318 g/mol. The summed E-state index contributed by atoms with van der Waals surface area (Å²) in [5, 5.41) is 9.56. The van der Waals surface area contributed by atoms with E-state index in [0.717, 1.165) is 22.0 Å². The molecule has 2 aromatic carbocycles. The third-order valence-electron chi connectivity index (χ3n) is 3.42. The van der Waals surface area contributed by atoms with Crippen LogP contribution in [0, 0.1) is 6.92 Å². The van der Waals surface area contributed by atoms with E-state index in [-0.39, 0.29) is 0 Å². The Labute approximate surface area is 141 Å². The van der Waals surface area contributed by atoms with Crippen LogP contribution in [0.1, 0.15) is 11.1 Å². The summed E-state index contributed by atoms with van der Waals surface area (Å²) in [5.74, 6) is 0.882. The van der Waals surface area contributed by atoms with Crippen molar-refractivity contribution in [2.75, 3.05) is 5.75 Å². The van der Waals surface area contributed by atoms with E-state index in [2.05, 4.69) is 65.7 Å². The van der Waals surface area contributed by atoms with E-state index in [9.17, 15) is 0 Å². The molecule has 0 radical (unpaired) electrons. The second-order valence-electron chi connectivity index (χ2n) is 5.25. The maximum absolute atomic E-state index is 4.32. The molecule has 0 aliphatic carbocycles. The molecule has 0 N–H and O–H groups in total. The average molecular weight is 318 g/mol. The minimum absolute atomic E-state index is 0.882. The molecule has 3 rings (SSSR count). The van der Waals surface area contributed by atoms with E-state index in [4.69, 9.17) is 0 Å². The van der Waals surface area contributed by atoms with Crippen molar-refractivity contribution in [1.82, 2.24) is 10.2 Å². The van der Waals surface area contributed by atoms with Gasteiger partial charge in [0, 0.05) is 11.3 Å². The molecule has 0 saturated carbocycles. The van der Waals surface area contributed by atoms with Crippen molar-refractivity contribution in [3.05, 3.63) is 83.9 Å². The maximum Gasteiger partial charge on any atom is 0.119 e. The largest absolute Gasteiger partial charge is 0.149 e. The van der Waals surface area contributed by atoms with Crippen LogP contribution in [0.3, 0.4) is 0 Å². The predicted octanol–water partition coefficient (Wildman–Crippen LogP) is 5.26. The van der Waals surface area contributed by atoms with Crippen molar-refractivity contribution in [2.45, 2.75) is 11.9 Å². The summed E-state index contributed by atoms with van der Waals surface area (Å²) in [6.07, 6.45) is 4.27. The highest BCUT2D eigenvalue weighted by Gasteiger charge is 2.01. The van der Waals surface area contributed by atoms with Gasteiger partial charge in [0.05, 0.1) is 5.69 Å². The number of thioether (sulfide) groups is 1. The first kappa shape index (κ1) is 15.5. The summed E-state index contributed by atoms with van der Waals surface area (Å²) in [6.45, 7) is 2.08. The van der Waals surface area contributed by atoms with Gasteiger partial charge in [-0.25, -0.2) is 0 Å². The van der Waals surface area contributed by atoms with Crippen molar-refractivity contribution in [3.8, 4) is 11.3 Å². The number of hydrogen-bond acceptors (Lipinski definition) is 3.